The standard InChI is InChI=1S/C31H31NO6/c1-6-38-31(36)20-11-14-22(15-12-20)32-27(23-10-8-7-9-19(23)4)26(29(34)30(32)35)28(33)21-13-16-25(37-5)24(17-21)18(2)3/h7-18,27,33H,6H2,1-5H3/b28-26+. The number of hydrogen-bond acceptors (Lipinski definition) is 6. The van der Waals surface area contributed by atoms with Gasteiger partial charge in [0.1, 0.15) is 11.5 Å². The number of esters is 1. The zero-order valence-electron chi connectivity index (χ0n) is 22.1. The average molecular weight is 514 g/mol. The van der Waals surface area contributed by atoms with Crippen molar-refractivity contribution in [2.45, 2.75) is 39.7 Å². The van der Waals surface area contributed by atoms with Gasteiger partial charge < -0.3 is 14.6 Å². The van der Waals surface area contributed by atoms with Crippen LogP contribution in [0.5, 0.6) is 5.75 Å². The predicted octanol–water partition coefficient (Wildman–Crippen LogP) is 5.93. The number of aryl methyl sites for hydroxylation is 1. The largest absolute Gasteiger partial charge is 0.507 e. The zero-order valence-corrected chi connectivity index (χ0v) is 22.1. The van der Waals surface area contributed by atoms with E-state index in [2.05, 4.69) is 0 Å². The molecule has 196 valence electrons. The van der Waals surface area contributed by atoms with E-state index in [9.17, 15) is 19.5 Å². The van der Waals surface area contributed by atoms with Crippen molar-refractivity contribution in [2.24, 2.45) is 0 Å². The van der Waals surface area contributed by atoms with Crippen LogP contribution in [-0.4, -0.2) is 36.5 Å². The monoisotopic (exact) mass is 513 g/mol. The maximum Gasteiger partial charge on any atom is 0.338 e. The molecule has 0 bridgehead atoms. The van der Waals surface area contributed by atoms with Crippen molar-refractivity contribution in [1.82, 2.24) is 0 Å². The van der Waals surface area contributed by atoms with Crippen LogP contribution in [0, 0.1) is 6.92 Å². The molecule has 0 saturated carbocycles. The molecule has 7 nitrogen and oxygen atoms in total. The topological polar surface area (TPSA) is 93.1 Å². The lowest BCUT2D eigenvalue weighted by Gasteiger charge is -2.27. The van der Waals surface area contributed by atoms with E-state index < -0.39 is 23.7 Å². The summed E-state index contributed by atoms with van der Waals surface area (Å²) in [6, 6.07) is 18.1. The smallest absolute Gasteiger partial charge is 0.338 e. The summed E-state index contributed by atoms with van der Waals surface area (Å²) in [5.74, 6) is -1.50. The second-order valence-corrected chi connectivity index (χ2v) is 9.40. The van der Waals surface area contributed by atoms with Crippen LogP contribution in [0.15, 0.2) is 72.3 Å². The quantitative estimate of drug-likeness (QED) is 0.182. The first-order valence-electron chi connectivity index (χ1n) is 12.5. The van der Waals surface area contributed by atoms with Gasteiger partial charge in [0.25, 0.3) is 11.7 Å². The molecule has 1 heterocycles. The van der Waals surface area contributed by atoms with Gasteiger partial charge >= 0.3 is 5.97 Å². The molecular weight excluding hydrogens is 482 g/mol. The lowest BCUT2D eigenvalue weighted by molar-refractivity contribution is -0.132. The van der Waals surface area contributed by atoms with E-state index in [-0.39, 0.29) is 23.9 Å². The molecule has 0 aromatic heterocycles. The molecule has 0 radical (unpaired) electrons. The summed E-state index contributed by atoms with van der Waals surface area (Å²) in [5, 5.41) is 11.5. The summed E-state index contributed by atoms with van der Waals surface area (Å²) < 4.78 is 10.5. The van der Waals surface area contributed by atoms with Crippen molar-refractivity contribution < 1.29 is 29.0 Å². The fraction of sp³-hybridized carbons (Fsp3) is 0.258. The number of Topliss-reactive ketones (excluding diaryl/α,β-unsaturated/α-hetero) is 1. The molecule has 1 amide bonds. The molecular formula is C31H31NO6. The van der Waals surface area contributed by atoms with Crippen LogP contribution in [0.3, 0.4) is 0 Å². The molecule has 1 aliphatic rings. The molecule has 1 unspecified atom stereocenters. The van der Waals surface area contributed by atoms with Crippen LogP contribution in [0.1, 0.15) is 65.3 Å². The van der Waals surface area contributed by atoms with Gasteiger partial charge in [0.2, 0.25) is 0 Å². The van der Waals surface area contributed by atoms with Crippen molar-refractivity contribution in [3.05, 3.63) is 100 Å². The minimum atomic E-state index is -0.866. The fourth-order valence-electron chi connectivity index (χ4n) is 4.75. The Morgan fingerprint density at radius 3 is 2.26 bits per heavy atom. The lowest BCUT2D eigenvalue weighted by atomic mass is 9.91. The zero-order chi connectivity index (χ0) is 27.6. The SMILES string of the molecule is CCOC(=O)c1ccc(N2C(=O)C(=O)/C(=C(/O)c3ccc(OC)c(C(C)C)c3)C2c2ccccc2C)cc1. The molecule has 1 atom stereocenters. The number of amides is 1. The van der Waals surface area contributed by atoms with Gasteiger partial charge in [0.05, 0.1) is 30.9 Å². The van der Waals surface area contributed by atoms with Gasteiger partial charge in [-0.2, -0.15) is 0 Å². The highest BCUT2D eigenvalue weighted by Crippen LogP contribution is 2.43. The fourth-order valence-corrected chi connectivity index (χ4v) is 4.75. The highest BCUT2D eigenvalue weighted by Gasteiger charge is 2.47. The van der Waals surface area contributed by atoms with E-state index in [0.29, 0.717) is 28.1 Å². The average Bonchev–Trinajstić information content (AvgIpc) is 3.18. The molecule has 1 saturated heterocycles. The van der Waals surface area contributed by atoms with Crippen molar-refractivity contribution in [2.75, 3.05) is 18.6 Å². The minimum absolute atomic E-state index is 0.00126. The Bertz CT molecular complexity index is 1420. The minimum Gasteiger partial charge on any atom is -0.507 e. The number of carbonyl (C=O) groups excluding carboxylic acids is 3. The number of aliphatic hydroxyl groups excluding tert-OH is 1. The maximum absolute atomic E-state index is 13.5. The van der Waals surface area contributed by atoms with Gasteiger partial charge in [-0.25, -0.2) is 4.79 Å². The Morgan fingerprint density at radius 2 is 1.66 bits per heavy atom. The maximum atomic E-state index is 13.5. The molecule has 1 aliphatic heterocycles. The van der Waals surface area contributed by atoms with Gasteiger partial charge in [-0.05, 0) is 78.9 Å². The molecule has 4 rings (SSSR count). The second kappa shape index (κ2) is 10.9. The number of ether oxygens (including phenoxy) is 2. The van der Waals surface area contributed by atoms with Crippen LogP contribution in [-0.2, 0) is 14.3 Å². The van der Waals surface area contributed by atoms with E-state index in [1.807, 2.05) is 45.0 Å². The van der Waals surface area contributed by atoms with Gasteiger partial charge in [-0.15, -0.1) is 0 Å². The van der Waals surface area contributed by atoms with Gasteiger partial charge in [0.15, 0.2) is 0 Å². The van der Waals surface area contributed by atoms with E-state index in [1.165, 1.54) is 4.90 Å². The number of carbonyl (C=O) groups is 3. The normalized spacial score (nSPS) is 16.7. The molecule has 7 heteroatoms. The molecule has 1 N–H and O–H groups in total. The molecule has 1 fully saturated rings. The predicted molar refractivity (Wildman–Crippen MR) is 145 cm³/mol. The number of benzene rings is 3. The van der Waals surface area contributed by atoms with E-state index >= 15 is 0 Å². The number of nitrogens with zero attached hydrogens (tertiary/aromatic N) is 1. The third-order valence-electron chi connectivity index (χ3n) is 6.71. The Labute approximate surface area is 222 Å². The second-order valence-electron chi connectivity index (χ2n) is 9.40. The van der Waals surface area contributed by atoms with Gasteiger partial charge in [-0.3, -0.25) is 14.5 Å². The van der Waals surface area contributed by atoms with Crippen LogP contribution < -0.4 is 9.64 Å². The van der Waals surface area contributed by atoms with Gasteiger partial charge in [-0.1, -0.05) is 38.1 Å². The van der Waals surface area contributed by atoms with Crippen molar-refractivity contribution in [3.8, 4) is 5.75 Å². The summed E-state index contributed by atoms with van der Waals surface area (Å²) in [6.07, 6.45) is 0. The Balaban J connectivity index is 1.90. The lowest BCUT2D eigenvalue weighted by Crippen LogP contribution is -2.29. The number of aliphatic hydroxyl groups is 1. The number of anilines is 1. The summed E-state index contributed by atoms with van der Waals surface area (Å²) >= 11 is 0. The highest BCUT2D eigenvalue weighted by atomic mass is 16.5. The van der Waals surface area contributed by atoms with Crippen molar-refractivity contribution in [3.63, 3.8) is 0 Å². The molecule has 3 aromatic carbocycles. The summed E-state index contributed by atoms with van der Waals surface area (Å²) in [4.78, 5) is 40.5. The number of ketones is 1. The van der Waals surface area contributed by atoms with Crippen molar-refractivity contribution in [1.29, 1.82) is 0 Å². The Kier molecular flexibility index (Phi) is 7.67. The highest BCUT2D eigenvalue weighted by molar-refractivity contribution is 6.51. The van der Waals surface area contributed by atoms with Crippen molar-refractivity contribution >= 4 is 29.1 Å². The number of methoxy groups -OCH3 is 1. The van der Waals surface area contributed by atoms with Crippen LogP contribution >= 0.6 is 0 Å². The number of hydrogen-bond donors (Lipinski definition) is 1. The first-order chi connectivity index (χ1) is 18.2. The Hall–Kier alpha value is -4.39. The third-order valence-corrected chi connectivity index (χ3v) is 6.71. The summed E-state index contributed by atoms with van der Waals surface area (Å²) in [6.45, 7) is 7.87. The van der Waals surface area contributed by atoms with Crippen LogP contribution in [0.2, 0.25) is 0 Å². The molecule has 38 heavy (non-hydrogen) atoms. The molecule has 0 aliphatic carbocycles. The van der Waals surface area contributed by atoms with E-state index in [1.54, 1.807) is 56.5 Å². The number of rotatable bonds is 7. The molecule has 0 spiro atoms. The van der Waals surface area contributed by atoms with E-state index in [4.69, 9.17) is 9.47 Å². The van der Waals surface area contributed by atoms with Crippen LogP contribution in [0.4, 0.5) is 5.69 Å². The first-order valence-corrected chi connectivity index (χ1v) is 12.5. The van der Waals surface area contributed by atoms with Crippen LogP contribution in [0.25, 0.3) is 5.76 Å². The summed E-state index contributed by atoms with van der Waals surface area (Å²) in [5.41, 5.74) is 3.61. The Morgan fingerprint density at radius 1 is 1.00 bits per heavy atom. The van der Waals surface area contributed by atoms with E-state index in [0.717, 1.165) is 11.1 Å². The summed E-state index contributed by atoms with van der Waals surface area (Å²) in [7, 11) is 1.58. The molecule has 3 aromatic rings. The first kappa shape index (κ1) is 26.7. The third kappa shape index (κ3) is 4.79. The van der Waals surface area contributed by atoms with Gasteiger partial charge in [0, 0.05) is 11.3 Å².